The molecule has 4 heterocycles. The summed E-state index contributed by atoms with van der Waals surface area (Å²) in [5.74, 6) is -0.737. The molecule has 2 aliphatic rings. The van der Waals surface area contributed by atoms with E-state index in [0.717, 1.165) is 43.2 Å². The van der Waals surface area contributed by atoms with E-state index in [1.54, 1.807) is 10.3 Å². The lowest BCUT2D eigenvalue weighted by Gasteiger charge is -2.27. The van der Waals surface area contributed by atoms with Crippen LogP contribution in [0.15, 0.2) is 35.8 Å². The lowest BCUT2D eigenvalue weighted by atomic mass is 10.1. The van der Waals surface area contributed by atoms with E-state index in [1.165, 1.54) is 17.5 Å². The highest BCUT2D eigenvalue weighted by Gasteiger charge is 2.54. The second kappa shape index (κ2) is 8.66. The number of nitrogens with one attached hydrogen (secondary N) is 1. The number of likely N-dealkylation sites (tertiary alicyclic amines) is 1. The summed E-state index contributed by atoms with van der Waals surface area (Å²) in [4.78, 5) is 37.6. The van der Waals surface area contributed by atoms with Gasteiger partial charge in [-0.25, -0.2) is 9.97 Å². The van der Waals surface area contributed by atoms with Crippen molar-refractivity contribution < 1.29 is 22.8 Å². The first-order valence-electron chi connectivity index (χ1n) is 11.8. The number of aromatic nitrogens is 3. The number of nitrogens with zero attached hydrogens (tertiary/aromatic N) is 4. The van der Waals surface area contributed by atoms with Gasteiger partial charge in [-0.2, -0.15) is 13.2 Å². The maximum atomic E-state index is 13.8. The molecule has 1 saturated carbocycles. The first-order chi connectivity index (χ1) is 17.6. The standard InChI is InChI=1S/C25H22F3N5O2S2/c1-12-4-3-5-14(8-12)20-18(30-13(2)37-20)23(35)33-16(9-15-10-17(15)33)11-29-22(34)19-21(25(26,27)28)31-24-32(19)6-7-36-24/h3-8,15-17H,9-11H2,1-2H3,(H,29,34)/t15?,16?,17-/m0/s1. The molecule has 0 radical (unpaired) electrons. The fourth-order valence-electron chi connectivity index (χ4n) is 5.23. The zero-order valence-electron chi connectivity index (χ0n) is 19.9. The Kier molecular flexibility index (Phi) is 5.64. The van der Waals surface area contributed by atoms with Crippen molar-refractivity contribution in [3.05, 3.63) is 63.5 Å². The molecule has 3 aromatic heterocycles. The zero-order chi connectivity index (χ0) is 26.1. The van der Waals surface area contributed by atoms with Crippen LogP contribution in [-0.4, -0.2) is 49.7 Å². The van der Waals surface area contributed by atoms with E-state index < -0.39 is 23.5 Å². The van der Waals surface area contributed by atoms with Crippen LogP contribution in [0.2, 0.25) is 0 Å². The minimum atomic E-state index is -4.76. The average Bonchev–Trinajstić information content (AvgIpc) is 3.23. The lowest BCUT2D eigenvalue weighted by Crippen LogP contribution is -2.45. The number of piperidine rings is 1. The summed E-state index contributed by atoms with van der Waals surface area (Å²) in [5.41, 5.74) is 0.628. The van der Waals surface area contributed by atoms with Crippen molar-refractivity contribution in [1.29, 1.82) is 0 Å². The van der Waals surface area contributed by atoms with Gasteiger partial charge < -0.3 is 10.2 Å². The highest BCUT2D eigenvalue weighted by Crippen LogP contribution is 2.49. The zero-order valence-corrected chi connectivity index (χ0v) is 21.5. The molecule has 0 bridgehead atoms. The molecule has 12 heteroatoms. The largest absolute Gasteiger partial charge is 0.435 e. The van der Waals surface area contributed by atoms with Crippen LogP contribution >= 0.6 is 22.7 Å². The number of benzene rings is 1. The monoisotopic (exact) mass is 545 g/mol. The highest BCUT2D eigenvalue weighted by molar-refractivity contribution is 7.15. The molecule has 1 aliphatic heterocycles. The Hall–Kier alpha value is -3.25. The van der Waals surface area contributed by atoms with E-state index in [0.29, 0.717) is 18.0 Å². The maximum Gasteiger partial charge on any atom is 0.435 e. The number of imidazole rings is 1. The molecule has 2 fully saturated rings. The highest BCUT2D eigenvalue weighted by atomic mass is 32.1. The number of amides is 2. The van der Waals surface area contributed by atoms with Crippen LogP contribution in [0.5, 0.6) is 0 Å². The van der Waals surface area contributed by atoms with Crippen LogP contribution in [-0.2, 0) is 6.18 Å². The van der Waals surface area contributed by atoms with Crippen molar-refractivity contribution in [2.75, 3.05) is 6.54 Å². The van der Waals surface area contributed by atoms with Crippen LogP contribution in [0, 0.1) is 19.8 Å². The van der Waals surface area contributed by atoms with E-state index >= 15 is 0 Å². The van der Waals surface area contributed by atoms with Gasteiger partial charge in [0.25, 0.3) is 11.8 Å². The van der Waals surface area contributed by atoms with Crippen molar-refractivity contribution in [1.82, 2.24) is 24.6 Å². The van der Waals surface area contributed by atoms with Gasteiger partial charge in [-0.3, -0.25) is 14.0 Å². The van der Waals surface area contributed by atoms with Crippen molar-refractivity contribution >= 4 is 39.4 Å². The Morgan fingerprint density at radius 3 is 2.76 bits per heavy atom. The number of alkyl halides is 3. The fraction of sp³-hybridized carbons (Fsp3) is 0.360. The van der Waals surface area contributed by atoms with Crippen molar-refractivity contribution in [3.8, 4) is 10.4 Å². The third-order valence-corrected chi connectivity index (χ3v) is 8.68. The minimum Gasteiger partial charge on any atom is -0.349 e. The Labute approximate surface area is 218 Å². The van der Waals surface area contributed by atoms with E-state index in [-0.39, 0.29) is 29.5 Å². The molecular formula is C25H22F3N5O2S2. The molecule has 7 nitrogen and oxygen atoms in total. The number of fused-ring (bicyclic) bond motifs is 2. The van der Waals surface area contributed by atoms with Gasteiger partial charge in [0.05, 0.1) is 15.9 Å². The summed E-state index contributed by atoms with van der Waals surface area (Å²) >= 11 is 2.48. The number of carbonyl (C=O) groups is 2. The fourth-order valence-corrected chi connectivity index (χ4v) is 6.85. The number of hydrogen-bond donors (Lipinski definition) is 1. The Morgan fingerprint density at radius 1 is 1.19 bits per heavy atom. The van der Waals surface area contributed by atoms with E-state index in [2.05, 4.69) is 15.3 Å². The lowest BCUT2D eigenvalue weighted by molar-refractivity contribution is -0.141. The van der Waals surface area contributed by atoms with Gasteiger partial charge in [0.2, 0.25) is 0 Å². The molecule has 1 aromatic carbocycles. The van der Waals surface area contributed by atoms with Crippen LogP contribution in [0.1, 0.15) is 50.1 Å². The summed E-state index contributed by atoms with van der Waals surface area (Å²) < 4.78 is 41.9. The molecule has 192 valence electrons. The summed E-state index contributed by atoms with van der Waals surface area (Å²) in [6.45, 7) is 3.90. The minimum absolute atomic E-state index is 0.0507. The van der Waals surface area contributed by atoms with E-state index in [4.69, 9.17) is 0 Å². The van der Waals surface area contributed by atoms with E-state index in [9.17, 15) is 22.8 Å². The summed E-state index contributed by atoms with van der Waals surface area (Å²) in [6, 6.07) is 7.63. The number of aryl methyl sites for hydroxylation is 2. The number of rotatable bonds is 5. The Bertz CT molecular complexity index is 1540. The van der Waals surface area contributed by atoms with Gasteiger partial charge in [-0.15, -0.1) is 22.7 Å². The molecule has 2 unspecified atom stereocenters. The van der Waals surface area contributed by atoms with E-state index in [1.807, 2.05) is 38.1 Å². The van der Waals surface area contributed by atoms with Crippen LogP contribution in [0.3, 0.4) is 0 Å². The van der Waals surface area contributed by atoms with Gasteiger partial charge in [0, 0.05) is 24.2 Å². The molecule has 1 aliphatic carbocycles. The van der Waals surface area contributed by atoms with Crippen molar-refractivity contribution in [3.63, 3.8) is 0 Å². The van der Waals surface area contributed by atoms with Crippen molar-refractivity contribution in [2.45, 2.75) is 44.9 Å². The molecule has 4 aromatic rings. The average molecular weight is 546 g/mol. The number of thiazole rings is 2. The molecule has 1 saturated heterocycles. The first-order valence-corrected chi connectivity index (χ1v) is 13.5. The molecular weight excluding hydrogens is 523 g/mol. The smallest absolute Gasteiger partial charge is 0.349 e. The molecule has 6 rings (SSSR count). The number of halogens is 3. The summed E-state index contributed by atoms with van der Waals surface area (Å²) in [6.07, 6.45) is -1.79. The van der Waals surface area contributed by atoms with Crippen LogP contribution in [0.25, 0.3) is 15.4 Å². The van der Waals surface area contributed by atoms with Gasteiger partial charge >= 0.3 is 6.18 Å². The summed E-state index contributed by atoms with van der Waals surface area (Å²) in [5, 5.41) is 5.00. The first kappa shape index (κ1) is 24.1. The quantitative estimate of drug-likeness (QED) is 0.375. The predicted molar refractivity (Wildman–Crippen MR) is 134 cm³/mol. The van der Waals surface area contributed by atoms with Gasteiger partial charge in [-0.1, -0.05) is 29.8 Å². The predicted octanol–water partition coefficient (Wildman–Crippen LogP) is 5.19. The van der Waals surface area contributed by atoms with Gasteiger partial charge in [0.1, 0.15) is 11.4 Å². The Morgan fingerprint density at radius 2 is 2.00 bits per heavy atom. The SMILES string of the molecule is Cc1cccc(-c2sc(C)nc2C(=O)N2C(CNC(=O)c3c(C(F)(F)F)nc4sccn34)CC3C[C@@H]32)c1. The topological polar surface area (TPSA) is 79.6 Å². The summed E-state index contributed by atoms with van der Waals surface area (Å²) in [7, 11) is 0. The molecule has 37 heavy (non-hydrogen) atoms. The maximum absolute atomic E-state index is 13.8. The second-order valence-corrected chi connectivity index (χ2v) is 11.6. The molecule has 0 spiro atoms. The number of hydrogen-bond acceptors (Lipinski definition) is 6. The van der Waals surface area contributed by atoms with Crippen LogP contribution < -0.4 is 5.32 Å². The van der Waals surface area contributed by atoms with Gasteiger partial charge in [-0.05, 0) is 38.2 Å². The van der Waals surface area contributed by atoms with Crippen LogP contribution in [0.4, 0.5) is 13.2 Å². The molecule has 2 amide bonds. The second-order valence-electron chi connectivity index (χ2n) is 9.52. The van der Waals surface area contributed by atoms with Gasteiger partial charge in [0.15, 0.2) is 10.7 Å². The normalized spacial score (nSPS) is 20.9. The number of carbonyl (C=O) groups excluding carboxylic acids is 2. The third-order valence-electron chi connectivity index (χ3n) is 6.91. The molecule has 1 N–H and O–H groups in total. The Balaban J connectivity index is 1.25. The van der Waals surface area contributed by atoms with Crippen molar-refractivity contribution in [2.24, 2.45) is 5.92 Å². The third kappa shape index (κ3) is 4.21. The molecule has 3 atom stereocenters.